The van der Waals surface area contributed by atoms with E-state index in [1.165, 1.54) is 0 Å². The Morgan fingerprint density at radius 1 is 1.35 bits per heavy atom. The Bertz CT molecular complexity index is 712. The van der Waals surface area contributed by atoms with Crippen molar-refractivity contribution in [2.45, 2.75) is 6.54 Å². The summed E-state index contributed by atoms with van der Waals surface area (Å²) in [6.45, 7) is 0.714. The maximum atomic E-state index is 5.33. The first kappa shape index (κ1) is 10.8. The zero-order valence-electron chi connectivity index (χ0n) is 8.81. The summed E-state index contributed by atoms with van der Waals surface area (Å²) in [5.41, 5.74) is 3.23. The van der Waals surface area contributed by atoms with Crippen LogP contribution in [0.1, 0.15) is 5.56 Å². The van der Waals surface area contributed by atoms with Crippen LogP contribution in [-0.4, -0.2) is 9.55 Å². The highest BCUT2D eigenvalue weighted by molar-refractivity contribution is 9.10. The smallest absolute Gasteiger partial charge is 0.178 e. The Hall–Kier alpha value is -1.33. The van der Waals surface area contributed by atoms with E-state index < -0.39 is 0 Å². The molecule has 2 aromatic heterocycles. The second-order valence-electron chi connectivity index (χ2n) is 3.81. The SMILES string of the molecule is S=c1[nH]c2ccc(Br)cc2n1Cc1ccoc1. The van der Waals surface area contributed by atoms with Gasteiger partial charge in [-0.25, -0.2) is 0 Å². The second-order valence-corrected chi connectivity index (χ2v) is 5.11. The van der Waals surface area contributed by atoms with Crippen molar-refractivity contribution in [1.82, 2.24) is 9.55 Å². The summed E-state index contributed by atoms with van der Waals surface area (Å²) in [4.78, 5) is 3.19. The van der Waals surface area contributed by atoms with Crippen molar-refractivity contribution in [2.24, 2.45) is 0 Å². The Balaban J connectivity index is 2.17. The number of nitrogens with zero attached hydrogens (tertiary/aromatic N) is 1. The van der Waals surface area contributed by atoms with E-state index in [0.29, 0.717) is 6.54 Å². The predicted octanol–water partition coefficient (Wildman–Crippen LogP) is 4.10. The van der Waals surface area contributed by atoms with Gasteiger partial charge in [0.1, 0.15) is 0 Å². The van der Waals surface area contributed by atoms with E-state index in [4.69, 9.17) is 16.6 Å². The molecule has 1 N–H and O–H groups in total. The molecule has 0 unspecified atom stereocenters. The summed E-state index contributed by atoms with van der Waals surface area (Å²) >= 11 is 8.80. The zero-order valence-corrected chi connectivity index (χ0v) is 11.2. The third-order valence-electron chi connectivity index (χ3n) is 2.66. The van der Waals surface area contributed by atoms with Gasteiger partial charge in [0, 0.05) is 10.0 Å². The average molecular weight is 309 g/mol. The first-order valence-corrected chi connectivity index (χ1v) is 6.33. The van der Waals surface area contributed by atoms with Gasteiger partial charge in [-0.3, -0.25) is 0 Å². The molecule has 17 heavy (non-hydrogen) atoms. The van der Waals surface area contributed by atoms with Crippen LogP contribution < -0.4 is 0 Å². The van der Waals surface area contributed by atoms with Crippen molar-refractivity contribution in [1.29, 1.82) is 0 Å². The molecule has 0 bridgehead atoms. The summed E-state index contributed by atoms with van der Waals surface area (Å²) in [7, 11) is 0. The summed E-state index contributed by atoms with van der Waals surface area (Å²) in [6.07, 6.45) is 3.41. The normalized spacial score (nSPS) is 11.1. The van der Waals surface area contributed by atoms with Gasteiger partial charge in [-0.1, -0.05) is 15.9 Å². The third-order valence-corrected chi connectivity index (χ3v) is 3.47. The molecule has 2 heterocycles. The molecule has 3 aromatic rings. The number of furan rings is 1. The highest BCUT2D eigenvalue weighted by Crippen LogP contribution is 2.20. The van der Waals surface area contributed by atoms with Gasteiger partial charge in [0.2, 0.25) is 0 Å². The maximum Gasteiger partial charge on any atom is 0.178 e. The van der Waals surface area contributed by atoms with Crippen LogP contribution >= 0.6 is 28.1 Å². The number of hydrogen-bond donors (Lipinski definition) is 1. The van der Waals surface area contributed by atoms with Gasteiger partial charge in [0.15, 0.2) is 4.77 Å². The second kappa shape index (κ2) is 4.16. The minimum absolute atomic E-state index is 0.714. The Labute approximate surface area is 111 Å². The van der Waals surface area contributed by atoms with Crippen LogP contribution in [0.2, 0.25) is 0 Å². The van der Waals surface area contributed by atoms with E-state index in [-0.39, 0.29) is 0 Å². The quantitative estimate of drug-likeness (QED) is 0.723. The number of aromatic amines is 1. The lowest BCUT2D eigenvalue weighted by atomic mass is 10.3. The fraction of sp³-hybridized carbons (Fsp3) is 0.0833. The van der Waals surface area contributed by atoms with Gasteiger partial charge in [0.25, 0.3) is 0 Å². The molecule has 3 rings (SSSR count). The van der Waals surface area contributed by atoms with E-state index >= 15 is 0 Å². The lowest BCUT2D eigenvalue weighted by Gasteiger charge is -2.02. The number of imidazole rings is 1. The lowest BCUT2D eigenvalue weighted by Crippen LogP contribution is -1.98. The van der Waals surface area contributed by atoms with Crippen molar-refractivity contribution in [2.75, 3.05) is 0 Å². The average Bonchev–Trinajstić information content (AvgIpc) is 2.90. The lowest BCUT2D eigenvalue weighted by molar-refractivity contribution is 0.562. The molecule has 0 aliphatic rings. The number of benzene rings is 1. The summed E-state index contributed by atoms with van der Waals surface area (Å²) < 4.78 is 8.89. The van der Waals surface area contributed by atoms with Crippen LogP contribution in [0, 0.1) is 4.77 Å². The Morgan fingerprint density at radius 2 is 2.24 bits per heavy atom. The van der Waals surface area contributed by atoms with E-state index in [1.54, 1.807) is 12.5 Å². The topological polar surface area (TPSA) is 33.9 Å². The van der Waals surface area contributed by atoms with Crippen molar-refractivity contribution in [3.8, 4) is 0 Å². The highest BCUT2D eigenvalue weighted by Gasteiger charge is 2.06. The number of H-pyrrole nitrogens is 1. The Kier molecular flexibility index (Phi) is 2.64. The Morgan fingerprint density at radius 3 is 3.00 bits per heavy atom. The highest BCUT2D eigenvalue weighted by atomic mass is 79.9. The van der Waals surface area contributed by atoms with Gasteiger partial charge in [0.05, 0.1) is 30.1 Å². The molecule has 0 amide bonds. The molecular formula is C12H9BrN2OS. The van der Waals surface area contributed by atoms with E-state index in [0.717, 1.165) is 25.8 Å². The fourth-order valence-electron chi connectivity index (χ4n) is 1.85. The maximum absolute atomic E-state index is 5.33. The molecule has 5 heteroatoms. The van der Waals surface area contributed by atoms with Crippen LogP contribution in [0.25, 0.3) is 11.0 Å². The fourth-order valence-corrected chi connectivity index (χ4v) is 2.47. The van der Waals surface area contributed by atoms with Gasteiger partial charge < -0.3 is 14.0 Å². The van der Waals surface area contributed by atoms with Crippen LogP contribution in [0.15, 0.2) is 45.7 Å². The number of hydrogen-bond acceptors (Lipinski definition) is 2. The number of rotatable bonds is 2. The molecule has 0 saturated carbocycles. The molecule has 1 aromatic carbocycles. The third kappa shape index (κ3) is 1.96. The molecule has 0 spiro atoms. The zero-order chi connectivity index (χ0) is 11.8. The van der Waals surface area contributed by atoms with Crippen molar-refractivity contribution < 1.29 is 4.42 Å². The molecule has 0 atom stereocenters. The number of nitrogens with one attached hydrogen (secondary N) is 1. The largest absolute Gasteiger partial charge is 0.472 e. The summed E-state index contributed by atoms with van der Waals surface area (Å²) in [6, 6.07) is 8.01. The monoisotopic (exact) mass is 308 g/mol. The number of fused-ring (bicyclic) bond motifs is 1. The molecule has 0 aliphatic carbocycles. The van der Waals surface area contributed by atoms with E-state index in [1.807, 2.05) is 18.2 Å². The van der Waals surface area contributed by atoms with Crippen molar-refractivity contribution in [3.05, 3.63) is 51.6 Å². The number of aromatic nitrogens is 2. The van der Waals surface area contributed by atoms with Gasteiger partial charge in [-0.2, -0.15) is 0 Å². The predicted molar refractivity (Wildman–Crippen MR) is 72.6 cm³/mol. The molecular weight excluding hydrogens is 300 g/mol. The minimum Gasteiger partial charge on any atom is -0.472 e. The summed E-state index contributed by atoms with van der Waals surface area (Å²) in [5, 5.41) is 0. The van der Waals surface area contributed by atoms with E-state index in [2.05, 4.69) is 31.5 Å². The molecule has 0 saturated heterocycles. The van der Waals surface area contributed by atoms with Crippen molar-refractivity contribution >= 4 is 39.2 Å². The van der Waals surface area contributed by atoms with E-state index in [9.17, 15) is 0 Å². The standard InChI is InChI=1S/C12H9BrN2OS/c13-9-1-2-10-11(5-9)15(12(17)14-10)6-8-3-4-16-7-8/h1-5,7H,6H2,(H,14,17). The first-order valence-electron chi connectivity index (χ1n) is 5.13. The molecule has 0 aliphatic heterocycles. The molecule has 3 nitrogen and oxygen atoms in total. The van der Waals surface area contributed by atoms with Crippen LogP contribution in [0.5, 0.6) is 0 Å². The van der Waals surface area contributed by atoms with Crippen molar-refractivity contribution in [3.63, 3.8) is 0 Å². The minimum atomic E-state index is 0.714. The number of halogens is 1. The molecule has 86 valence electrons. The first-order chi connectivity index (χ1) is 8.24. The van der Waals surface area contributed by atoms with Gasteiger partial charge in [-0.15, -0.1) is 0 Å². The van der Waals surface area contributed by atoms with Gasteiger partial charge in [-0.05, 0) is 36.5 Å². The van der Waals surface area contributed by atoms with Crippen LogP contribution in [0.3, 0.4) is 0 Å². The van der Waals surface area contributed by atoms with Gasteiger partial charge >= 0.3 is 0 Å². The molecule has 0 fully saturated rings. The molecule has 0 radical (unpaired) electrons. The van der Waals surface area contributed by atoms with Crippen LogP contribution in [-0.2, 0) is 6.54 Å². The summed E-state index contributed by atoms with van der Waals surface area (Å²) in [5.74, 6) is 0. The van der Waals surface area contributed by atoms with Crippen LogP contribution in [0.4, 0.5) is 0 Å².